The van der Waals surface area contributed by atoms with E-state index < -0.39 is 0 Å². The third-order valence-corrected chi connectivity index (χ3v) is 2.69. The number of rotatable bonds is 8. The smallest absolute Gasteiger partial charge is 0.159 e. The maximum atomic E-state index is 5.69. The summed E-state index contributed by atoms with van der Waals surface area (Å²) in [7, 11) is 0. The Morgan fingerprint density at radius 1 is 1.22 bits per heavy atom. The highest BCUT2D eigenvalue weighted by Gasteiger charge is 2.14. The zero-order chi connectivity index (χ0) is 13.4. The molecule has 0 spiro atoms. The van der Waals surface area contributed by atoms with Gasteiger partial charge in [-0.25, -0.2) is 9.97 Å². The van der Waals surface area contributed by atoms with Gasteiger partial charge in [0.2, 0.25) is 0 Å². The lowest BCUT2D eigenvalue weighted by molar-refractivity contribution is 0.0534. The Balaban J connectivity index is 2.99. The van der Waals surface area contributed by atoms with Gasteiger partial charge in [0.15, 0.2) is 5.82 Å². The Bertz CT molecular complexity index is 331. The number of hydrogen-bond donors (Lipinski definition) is 1. The average molecular weight is 251 g/mol. The predicted octanol–water partition coefficient (Wildman–Crippen LogP) is 3.35. The molecule has 0 aromatic carbocycles. The number of nitrogens with one attached hydrogen (secondary N) is 1. The molecule has 1 N–H and O–H groups in total. The van der Waals surface area contributed by atoms with Crippen LogP contribution in [0.2, 0.25) is 0 Å². The zero-order valence-electron chi connectivity index (χ0n) is 12.0. The molecular weight excluding hydrogens is 226 g/mol. The van der Waals surface area contributed by atoms with E-state index in [0.717, 1.165) is 43.1 Å². The fraction of sp³-hybridized carbons (Fsp3) is 0.714. The van der Waals surface area contributed by atoms with E-state index in [1.807, 2.05) is 13.0 Å². The van der Waals surface area contributed by atoms with Crippen LogP contribution in [0.4, 0.5) is 5.82 Å². The lowest BCUT2D eigenvalue weighted by atomic mass is 10.2. The van der Waals surface area contributed by atoms with Crippen LogP contribution in [0, 0.1) is 0 Å². The largest absolute Gasteiger partial charge is 0.371 e. The number of aryl methyl sites for hydroxylation is 1. The summed E-state index contributed by atoms with van der Waals surface area (Å²) in [6, 6.07) is 2.04. The van der Waals surface area contributed by atoms with Crippen molar-refractivity contribution in [1.29, 1.82) is 0 Å². The molecule has 1 aromatic rings. The standard InChI is InChI=1S/C14H25N3O/c1-5-9-11-10-13(15-7-3)17-14(16-11)12(6-2)18-8-4/h10,12H,5-9H2,1-4H3,(H,15,16,17). The van der Waals surface area contributed by atoms with Crippen molar-refractivity contribution in [3.05, 3.63) is 17.6 Å². The molecule has 0 bridgehead atoms. The van der Waals surface area contributed by atoms with Gasteiger partial charge in [0.25, 0.3) is 0 Å². The van der Waals surface area contributed by atoms with E-state index in [9.17, 15) is 0 Å². The van der Waals surface area contributed by atoms with Crippen molar-refractivity contribution in [3.8, 4) is 0 Å². The van der Waals surface area contributed by atoms with Crippen LogP contribution in [0.1, 0.15) is 58.2 Å². The van der Waals surface area contributed by atoms with Crippen molar-refractivity contribution in [2.24, 2.45) is 0 Å². The van der Waals surface area contributed by atoms with Gasteiger partial charge in [-0.2, -0.15) is 0 Å². The van der Waals surface area contributed by atoms with Crippen LogP contribution >= 0.6 is 0 Å². The Labute approximate surface area is 110 Å². The van der Waals surface area contributed by atoms with E-state index in [2.05, 4.69) is 36.1 Å². The van der Waals surface area contributed by atoms with Crippen LogP contribution in [0.25, 0.3) is 0 Å². The highest BCUT2D eigenvalue weighted by atomic mass is 16.5. The quantitative estimate of drug-likeness (QED) is 0.769. The number of nitrogens with zero attached hydrogens (tertiary/aromatic N) is 2. The van der Waals surface area contributed by atoms with Gasteiger partial charge in [0, 0.05) is 24.9 Å². The topological polar surface area (TPSA) is 47.0 Å². The van der Waals surface area contributed by atoms with Crippen LogP contribution < -0.4 is 5.32 Å². The first kappa shape index (κ1) is 14.9. The fourth-order valence-electron chi connectivity index (χ4n) is 1.89. The van der Waals surface area contributed by atoms with Crippen LogP contribution in [0.5, 0.6) is 0 Å². The third kappa shape index (κ3) is 4.26. The minimum atomic E-state index is 0.00390. The van der Waals surface area contributed by atoms with Crippen molar-refractivity contribution in [2.45, 2.75) is 53.1 Å². The Morgan fingerprint density at radius 2 is 2.00 bits per heavy atom. The van der Waals surface area contributed by atoms with E-state index >= 15 is 0 Å². The first-order valence-corrected chi connectivity index (χ1v) is 6.98. The molecule has 0 saturated carbocycles. The van der Waals surface area contributed by atoms with Crippen LogP contribution in [0.15, 0.2) is 6.07 Å². The van der Waals surface area contributed by atoms with Crippen LogP contribution in [-0.2, 0) is 11.2 Å². The maximum absolute atomic E-state index is 5.69. The molecule has 18 heavy (non-hydrogen) atoms. The van der Waals surface area contributed by atoms with Gasteiger partial charge >= 0.3 is 0 Å². The molecule has 0 amide bonds. The normalized spacial score (nSPS) is 12.4. The summed E-state index contributed by atoms with van der Waals surface area (Å²) >= 11 is 0. The van der Waals surface area contributed by atoms with Gasteiger partial charge in [-0.3, -0.25) is 0 Å². The SMILES string of the molecule is CCCc1cc(NCC)nc(C(CC)OCC)n1. The van der Waals surface area contributed by atoms with Crippen molar-refractivity contribution in [3.63, 3.8) is 0 Å². The Hall–Kier alpha value is -1.16. The Kier molecular flexibility index (Phi) is 6.65. The van der Waals surface area contributed by atoms with Crippen molar-refractivity contribution >= 4 is 5.82 Å². The molecule has 1 heterocycles. The van der Waals surface area contributed by atoms with Gasteiger partial charge in [0.05, 0.1) is 0 Å². The van der Waals surface area contributed by atoms with Gasteiger partial charge in [-0.15, -0.1) is 0 Å². The molecule has 0 radical (unpaired) electrons. The molecule has 0 saturated heterocycles. The second-order valence-corrected chi connectivity index (χ2v) is 4.24. The minimum absolute atomic E-state index is 0.00390. The lowest BCUT2D eigenvalue weighted by Crippen LogP contribution is -2.12. The number of ether oxygens (including phenoxy) is 1. The second kappa shape index (κ2) is 8.03. The maximum Gasteiger partial charge on any atom is 0.159 e. The van der Waals surface area contributed by atoms with Gasteiger partial charge in [0.1, 0.15) is 11.9 Å². The van der Waals surface area contributed by atoms with E-state index in [0.29, 0.717) is 6.61 Å². The fourth-order valence-corrected chi connectivity index (χ4v) is 1.89. The summed E-state index contributed by atoms with van der Waals surface area (Å²) < 4.78 is 5.69. The molecule has 4 nitrogen and oxygen atoms in total. The lowest BCUT2D eigenvalue weighted by Gasteiger charge is -2.16. The number of aromatic nitrogens is 2. The van der Waals surface area contributed by atoms with E-state index in [-0.39, 0.29) is 6.10 Å². The molecule has 1 rings (SSSR count). The second-order valence-electron chi connectivity index (χ2n) is 4.24. The molecule has 4 heteroatoms. The zero-order valence-corrected chi connectivity index (χ0v) is 12.0. The summed E-state index contributed by atoms with van der Waals surface area (Å²) in [4.78, 5) is 9.17. The first-order valence-electron chi connectivity index (χ1n) is 6.98. The summed E-state index contributed by atoms with van der Waals surface area (Å²) in [6.07, 6.45) is 2.98. The highest BCUT2D eigenvalue weighted by Crippen LogP contribution is 2.20. The van der Waals surface area contributed by atoms with E-state index in [4.69, 9.17) is 4.74 Å². The van der Waals surface area contributed by atoms with E-state index in [1.54, 1.807) is 0 Å². The van der Waals surface area contributed by atoms with Crippen molar-refractivity contribution < 1.29 is 4.74 Å². The van der Waals surface area contributed by atoms with Crippen molar-refractivity contribution in [1.82, 2.24) is 9.97 Å². The van der Waals surface area contributed by atoms with Gasteiger partial charge in [-0.05, 0) is 26.7 Å². The molecule has 0 aliphatic carbocycles. The third-order valence-electron chi connectivity index (χ3n) is 2.69. The first-order chi connectivity index (χ1) is 8.74. The summed E-state index contributed by atoms with van der Waals surface area (Å²) in [5.41, 5.74) is 1.09. The van der Waals surface area contributed by atoms with E-state index in [1.165, 1.54) is 0 Å². The molecule has 1 atom stereocenters. The van der Waals surface area contributed by atoms with Gasteiger partial charge in [-0.1, -0.05) is 20.3 Å². The molecule has 1 aromatic heterocycles. The summed E-state index contributed by atoms with van der Waals surface area (Å²) in [5, 5.41) is 3.26. The molecule has 0 aliphatic heterocycles. The summed E-state index contributed by atoms with van der Waals surface area (Å²) in [6.45, 7) is 9.90. The minimum Gasteiger partial charge on any atom is -0.371 e. The van der Waals surface area contributed by atoms with Gasteiger partial charge < -0.3 is 10.1 Å². The Morgan fingerprint density at radius 3 is 2.56 bits per heavy atom. The molecular formula is C14H25N3O. The average Bonchev–Trinajstić information content (AvgIpc) is 2.36. The molecule has 0 fully saturated rings. The monoisotopic (exact) mass is 251 g/mol. The van der Waals surface area contributed by atoms with Crippen molar-refractivity contribution in [2.75, 3.05) is 18.5 Å². The predicted molar refractivity (Wildman–Crippen MR) is 74.8 cm³/mol. The number of hydrogen-bond acceptors (Lipinski definition) is 4. The molecule has 102 valence electrons. The van der Waals surface area contributed by atoms with Crippen LogP contribution in [-0.4, -0.2) is 23.1 Å². The summed E-state index contributed by atoms with van der Waals surface area (Å²) in [5.74, 6) is 1.71. The number of anilines is 1. The molecule has 0 aliphatic rings. The molecule has 1 unspecified atom stereocenters. The van der Waals surface area contributed by atoms with Crippen LogP contribution in [0.3, 0.4) is 0 Å². The highest BCUT2D eigenvalue weighted by molar-refractivity contribution is 5.36.